The molecule has 176 valence electrons. The van der Waals surface area contributed by atoms with Gasteiger partial charge in [0.25, 0.3) is 0 Å². The summed E-state index contributed by atoms with van der Waals surface area (Å²) in [5.41, 5.74) is 0. The minimum atomic E-state index is -1.34. The summed E-state index contributed by atoms with van der Waals surface area (Å²) in [6, 6.07) is -0.319. The predicted octanol–water partition coefficient (Wildman–Crippen LogP) is 5.95. The number of rotatable bonds is 18. The van der Waals surface area contributed by atoms with Crippen molar-refractivity contribution >= 4 is 0 Å². The number of unbranched alkanes of at least 4 members (excludes halogenated alkanes) is 1. The average Bonchev–Trinajstić information content (AvgIpc) is 3.47. The lowest BCUT2D eigenvalue weighted by Crippen LogP contribution is -2.43. The lowest BCUT2D eigenvalue weighted by atomic mass is 10.0. The maximum atomic E-state index is 9.47. The van der Waals surface area contributed by atoms with Crippen molar-refractivity contribution in [3.05, 3.63) is 60.8 Å². The highest BCUT2D eigenvalue weighted by atomic mass is 16.6. The van der Waals surface area contributed by atoms with Gasteiger partial charge in [0.05, 0.1) is 12.1 Å². The summed E-state index contributed by atoms with van der Waals surface area (Å²) in [7, 11) is 0. The molecule has 0 bridgehead atoms. The Morgan fingerprint density at radius 2 is 1.32 bits per heavy atom. The van der Waals surface area contributed by atoms with Gasteiger partial charge in [-0.25, -0.2) is 0 Å². The molecule has 0 radical (unpaired) electrons. The zero-order valence-electron chi connectivity index (χ0n) is 19.8. The first kappa shape index (κ1) is 27.6. The van der Waals surface area contributed by atoms with E-state index in [-0.39, 0.29) is 18.4 Å². The number of aliphatic hydroxyl groups excluding tert-OH is 1. The van der Waals surface area contributed by atoms with E-state index >= 15 is 0 Å². The SMILES string of the molecule is CC/C=C\C/C=C\C/C=C\C/C=C\C/C=C\CCCC1OC1NC(CC(C)C)C(O)O. The topological polar surface area (TPSA) is 65.0 Å². The first-order valence-corrected chi connectivity index (χ1v) is 12.1. The summed E-state index contributed by atoms with van der Waals surface area (Å²) < 4.78 is 5.63. The van der Waals surface area contributed by atoms with Gasteiger partial charge in [0.1, 0.15) is 6.23 Å². The van der Waals surface area contributed by atoms with Crippen LogP contribution < -0.4 is 5.32 Å². The van der Waals surface area contributed by atoms with Crippen LogP contribution in [0.1, 0.15) is 78.6 Å². The zero-order chi connectivity index (χ0) is 22.7. The molecular formula is C27H45NO3. The molecule has 4 heteroatoms. The van der Waals surface area contributed by atoms with Gasteiger partial charge in [-0.1, -0.05) is 81.5 Å². The molecular weight excluding hydrogens is 386 g/mol. The Balaban J connectivity index is 1.99. The Kier molecular flexibility index (Phi) is 16.1. The smallest absolute Gasteiger partial charge is 0.167 e. The van der Waals surface area contributed by atoms with Gasteiger partial charge in [0.15, 0.2) is 6.29 Å². The van der Waals surface area contributed by atoms with E-state index in [1.165, 1.54) is 0 Å². The molecule has 3 atom stereocenters. The van der Waals surface area contributed by atoms with Gasteiger partial charge in [0.2, 0.25) is 0 Å². The molecule has 4 nitrogen and oxygen atoms in total. The highest BCUT2D eigenvalue weighted by Gasteiger charge is 2.40. The molecule has 1 aliphatic heterocycles. The van der Waals surface area contributed by atoms with Crippen LogP contribution in [0.3, 0.4) is 0 Å². The largest absolute Gasteiger partial charge is 0.367 e. The summed E-state index contributed by atoms with van der Waals surface area (Å²) in [6.45, 7) is 6.31. The minimum Gasteiger partial charge on any atom is -0.367 e. The van der Waals surface area contributed by atoms with Crippen molar-refractivity contribution in [3.63, 3.8) is 0 Å². The molecule has 0 aromatic rings. The third-order valence-electron chi connectivity index (χ3n) is 5.06. The van der Waals surface area contributed by atoms with E-state index < -0.39 is 6.29 Å². The Bertz CT molecular complexity index is 575. The molecule has 31 heavy (non-hydrogen) atoms. The molecule has 0 aliphatic carbocycles. The zero-order valence-corrected chi connectivity index (χ0v) is 19.8. The van der Waals surface area contributed by atoms with Crippen molar-refractivity contribution in [2.24, 2.45) is 5.92 Å². The van der Waals surface area contributed by atoms with E-state index in [2.05, 4.69) is 86.8 Å². The van der Waals surface area contributed by atoms with E-state index in [1.54, 1.807) is 0 Å². The van der Waals surface area contributed by atoms with Crippen LogP contribution in [0.15, 0.2) is 60.8 Å². The normalized spacial score (nSPS) is 20.7. The fourth-order valence-electron chi connectivity index (χ4n) is 3.31. The van der Waals surface area contributed by atoms with Gasteiger partial charge < -0.3 is 14.9 Å². The van der Waals surface area contributed by atoms with Crippen LogP contribution in [0.2, 0.25) is 0 Å². The molecule has 0 aromatic carbocycles. The highest BCUT2D eigenvalue weighted by Crippen LogP contribution is 2.26. The molecule has 1 fully saturated rings. The highest BCUT2D eigenvalue weighted by molar-refractivity contribution is 5.00. The van der Waals surface area contributed by atoms with Crippen LogP contribution in [-0.4, -0.2) is 34.9 Å². The molecule has 1 rings (SSSR count). The van der Waals surface area contributed by atoms with Gasteiger partial charge in [-0.2, -0.15) is 0 Å². The molecule has 1 heterocycles. The molecule has 1 aliphatic rings. The van der Waals surface area contributed by atoms with E-state index in [9.17, 15) is 10.2 Å². The first-order chi connectivity index (χ1) is 15.0. The van der Waals surface area contributed by atoms with Crippen molar-refractivity contribution in [2.45, 2.75) is 103 Å². The summed E-state index contributed by atoms with van der Waals surface area (Å²) in [4.78, 5) is 0. The molecule has 0 spiro atoms. The fraction of sp³-hybridized carbons (Fsp3) is 0.630. The van der Waals surface area contributed by atoms with E-state index in [4.69, 9.17) is 4.74 Å². The fourth-order valence-corrected chi connectivity index (χ4v) is 3.31. The predicted molar refractivity (Wildman–Crippen MR) is 132 cm³/mol. The Morgan fingerprint density at radius 3 is 1.81 bits per heavy atom. The molecule has 0 amide bonds. The number of aliphatic hydroxyl groups is 2. The number of epoxide rings is 1. The summed E-state index contributed by atoms with van der Waals surface area (Å²) in [5, 5.41) is 22.2. The lowest BCUT2D eigenvalue weighted by Gasteiger charge is -2.21. The molecule has 3 N–H and O–H groups in total. The summed E-state index contributed by atoms with van der Waals surface area (Å²) >= 11 is 0. The van der Waals surface area contributed by atoms with Gasteiger partial charge in [-0.15, -0.1) is 0 Å². The Labute approximate surface area is 190 Å². The molecule has 1 saturated heterocycles. The van der Waals surface area contributed by atoms with E-state index in [0.29, 0.717) is 5.92 Å². The summed E-state index contributed by atoms with van der Waals surface area (Å²) in [5.74, 6) is 0.409. The van der Waals surface area contributed by atoms with E-state index in [1.807, 2.05) is 0 Å². The standard InChI is InChI=1S/C27H45NO3/c1-4-5-6-7-8-9-10-11-12-13-14-15-16-17-18-19-20-21-25-26(31-25)28-24(27(29)30)22-23(2)3/h5-6,8-9,11-12,14-15,17-18,23-30H,4,7,10,13,16,19-22H2,1-3H3/b6-5-,9-8-,12-11-,15-14-,18-17-. The molecule has 0 aromatic heterocycles. The summed E-state index contributed by atoms with van der Waals surface area (Å²) in [6.07, 6.45) is 30.0. The number of hydrogen-bond donors (Lipinski definition) is 3. The minimum absolute atomic E-state index is 0.0288. The van der Waals surface area contributed by atoms with Crippen LogP contribution in [0.4, 0.5) is 0 Å². The maximum absolute atomic E-state index is 9.47. The van der Waals surface area contributed by atoms with Gasteiger partial charge in [0, 0.05) is 0 Å². The van der Waals surface area contributed by atoms with Crippen LogP contribution in [0, 0.1) is 5.92 Å². The van der Waals surface area contributed by atoms with E-state index in [0.717, 1.165) is 57.8 Å². The second-order valence-corrected chi connectivity index (χ2v) is 8.55. The number of allylic oxidation sites excluding steroid dienone is 10. The monoisotopic (exact) mass is 431 g/mol. The van der Waals surface area contributed by atoms with Crippen molar-refractivity contribution < 1.29 is 14.9 Å². The third kappa shape index (κ3) is 15.9. The maximum Gasteiger partial charge on any atom is 0.167 e. The van der Waals surface area contributed by atoms with Crippen molar-refractivity contribution in [1.29, 1.82) is 0 Å². The first-order valence-electron chi connectivity index (χ1n) is 12.1. The number of hydrogen-bond acceptors (Lipinski definition) is 4. The average molecular weight is 432 g/mol. The third-order valence-corrected chi connectivity index (χ3v) is 5.06. The van der Waals surface area contributed by atoms with Crippen molar-refractivity contribution in [3.8, 4) is 0 Å². The van der Waals surface area contributed by atoms with Crippen molar-refractivity contribution in [2.75, 3.05) is 0 Å². The number of nitrogens with one attached hydrogen (secondary N) is 1. The second kappa shape index (κ2) is 18.1. The van der Waals surface area contributed by atoms with Gasteiger partial charge >= 0.3 is 0 Å². The lowest BCUT2D eigenvalue weighted by molar-refractivity contribution is -0.0735. The Hall–Kier alpha value is -1.46. The van der Waals surface area contributed by atoms with Crippen LogP contribution >= 0.6 is 0 Å². The quantitative estimate of drug-likeness (QED) is 0.109. The molecule has 3 unspecified atom stereocenters. The number of ether oxygens (including phenoxy) is 1. The van der Waals surface area contributed by atoms with Crippen LogP contribution in [0.5, 0.6) is 0 Å². The second-order valence-electron chi connectivity index (χ2n) is 8.55. The van der Waals surface area contributed by atoms with Gasteiger partial charge in [-0.05, 0) is 63.7 Å². The van der Waals surface area contributed by atoms with Crippen LogP contribution in [0.25, 0.3) is 0 Å². The van der Waals surface area contributed by atoms with Crippen molar-refractivity contribution in [1.82, 2.24) is 5.32 Å². The molecule has 0 saturated carbocycles. The Morgan fingerprint density at radius 1 is 0.806 bits per heavy atom. The van der Waals surface area contributed by atoms with Crippen LogP contribution in [-0.2, 0) is 4.74 Å². The van der Waals surface area contributed by atoms with Gasteiger partial charge in [-0.3, -0.25) is 5.32 Å².